The van der Waals surface area contributed by atoms with Crippen LogP contribution in [0, 0.1) is 0 Å². The lowest BCUT2D eigenvalue weighted by Gasteiger charge is -2.15. The Morgan fingerprint density at radius 2 is 1.52 bits per heavy atom. The predicted octanol–water partition coefficient (Wildman–Crippen LogP) is 4.12. The molecule has 8 heteroatoms. The summed E-state index contributed by atoms with van der Waals surface area (Å²) in [5.41, 5.74) is 2.57. The van der Waals surface area contributed by atoms with E-state index in [1.54, 1.807) is 56.3 Å². The average molecular weight is 422 g/mol. The number of methoxy groups -OCH3 is 1. The molecule has 0 aliphatic rings. The summed E-state index contributed by atoms with van der Waals surface area (Å²) >= 11 is 0. The highest BCUT2D eigenvalue weighted by molar-refractivity contribution is 6.07. The van der Waals surface area contributed by atoms with Gasteiger partial charge in [0.25, 0.3) is 0 Å². The van der Waals surface area contributed by atoms with E-state index in [4.69, 9.17) is 14.2 Å². The highest BCUT2D eigenvalue weighted by atomic mass is 16.5. The molecule has 0 aliphatic heterocycles. The maximum absolute atomic E-state index is 12.5. The number of fused-ring (bicyclic) bond motifs is 1. The Morgan fingerprint density at radius 1 is 0.871 bits per heavy atom. The van der Waals surface area contributed by atoms with Gasteiger partial charge in [0.05, 0.1) is 42.7 Å². The first-order valence-corrected chi connectivity index (χ1v) is 9.70. The number of aromatic nitrogens is 1. The third-order valence-corrected chi connectivity index (χ3v) is 4.45. The molecule has 0 atom stereocenters. The van der Waals surface area contributed by atoms with E-state index < -0.39 is 17.9 Å². The lowest BCUT2D eigenvalue weighted by atomic mass is 10.1. The van der Waals surface area contributed by atoms with Crippen molar-refractivity contribution in [2.75, 3.05) is 25.6 Å². The minimum atomic E-state index is -0.549. The van der Waals surface area contributed by atoms with E-state index in [-0.39, 0.29) is 18.8 Å². The van der Waals surface area contributed by atoms with E-state index in [9.17, 15) is 14.4 Å². The Labute approximate surface area is 179 Å². The molecule has 31 heavy (non-hydrogen) atoms. The van der Waals surface area contributed by atoms with Gasteiger partial charge in [-0.15, -0.1) is 0 Å². The molecule has 0 amide bonds. The van der Waals surface area contributed by atoms with Gasteiger partial charge in [0.2, 0.25) is 0 Å². The fourth-order valence-electron chi connectivity index (χ4n) is 2.98. The molecule has 0 aliphatic carbocycles. The minimum absolute atomic E-state index is 0.201. The lowest BCUT2D eigenvalue weighted by Crippen LogP contribution is -2.10. The Bertz CT molecular complexity index is 1120. The van der Waals surface area contributed by atoms with E-state index in [2.05, 4.69) is 10.3 Å². The number of ether oxygens (including phenoxy) is 3. The normalized spacial score (nSPS) is 10.4. The standard InChI is InChI=1S/C23H22N2O6/c1-4-30-22(27)15-8-11-19-17(12-15)20(18(13-24-19)23(28)31-5-2)25-16-9-6-14(7-10-16)21(26)29-3/h6-13H,4-5H2,1-3H3,(H,24,25). The Balaban J connectivity index is 2.11. The van der Waals surface area contributed by atoms with Gasteiger partial charge in [-0.25, -0.2) is 14.4 Å². The Hall–Kier alpha value is -3.94. The molecule has 1 heterocycles. The maximum Gasteiger partial charge on any atom is 0.341 e. The second-order valence-corrected chi connectivity index (χ2v) is 6.41. The van der Waals surface area contributed by atoms with Crippen LogP contribution in [0.5, 0.6) is 0 Å². The van der Waals surface area contributed by atoms with Crippen LogP contribution in [-0.2, 0) is 14.2 Å². The van der Waals surface area contributed by atoms with Gasteiger partial charge in [-0.3, -0.25) is 4.98 Å². The van der Waals surface area contributed by atoms with Crippen LogP contribution in [-0.4, -0.2) is 43.2 Å². The molecule has 0 saturated carbocycles. The molecular weight excluding hydrogens is 400 g/mol. The van der Waals surface area contributed by atoms with Crippen molar-refractivity contribution in [3.63, 3.8) is 0 Å². The predicted molar refractivity (Wildman–Crippen MR) is 115 cm³/mol. The molecule has 8 nitrogen and oxygen atoms in total. The van der Waals surface area contributed by atoms with Crippen molar-refractivity contribution >= 4 is 40.2 Å². The smallest absolute Gasteiger partial charge is 0.341 e. The van der Waals surface area contributed by atoms with Gasteiger partial charge in [0.1, 0.15) is 5.56 Å². The molecule has 2 aromatic carbocycles. The Morgan fingerprint density at radius 3 is 2.16 bits per heavy atom. The van der Waals surface area contributed by atoms with Crippen LogP contribution in [0.4, 0.5) is 11.4 Å². The maximum atomic E-state index is 12.5. The molecule has 1 N–H and O–H groups in total. The van der Waals surface area contributed by atoms with E-state index >= 15 is 0 Å². The van der Waals surface area contributed by atoms with Gasteiger partial charge in [0, 0.05) is 17.3 Å². The minimum Gasteiger partial charge on any atom is -0.465 e. The number of benzene rings is 2. The first-order valence-electron chi connectivity index (χ1n) is 9.70. The van der Waals surface area contributed by atoms with Crippen LogP contribution in [0.25, 0.3) is 10.9 Å². The number of pyridine rings is 1. The summed E-state index contributed by atoms with van der Waals surface area (Å²) in [5.74, 6) is -1.47. The molecule has 0 fully saturated rings. The second-order valence-electron chi connectivity index (χ2n) is 6.41. The highest BCUT2D eigenvalue weighted by Crippen LogP contribution is 2.31. The number of anilines is 2. The van der Waals surface area contributed by atoms with E-state index in [0.29, 0.717) is 33.4 Å². The first-order chi connectivity index (χ1) is 15.0. The van der Waals surface area contributed by atoms with Crippen LogP contribution in [0.2, 0.25) is 0 Å². The summed E-state index contributed by atoms with van der Waals surface area (Å²) in [6.07, 6.45) is 1.43. The number of carbonyl (C=O) groups is 3. The fourth-order valence-corrected chi connectivity index (χ4v) is 2.98. The summed E-state index contributed by atoms with van der Waals surface area (Å²) in [7, 11) is 1.31. The molecule has 3 rings (SSSR count). The number of nitrogens with zero attached hydrogens (tertiary/aromatic N) is 1. The molecule has 160 valence electrons. The van der Waals surface area contributed by atoms with E-state index in [1.807, 2.05) is 0 Å². The first kappa shape index (κ1) is 21.8. The quantitative estimate of drug-likeness (QED) is 0.448. The molecule has 0 spiro atoms. The third-order valence-electron chi connectivity index (χ3n) is 4.45. The van der Waals surface area contributed by atoms with Gasteiger partial charge in [-0.1, -0.05) is 0 Å². The van der Waals surface area contributed by atoms with Crippen molar-refractivity contribution < 1.29 is 28.6 Å². The van der Waals surface area contributed by atoms with E-state index in [0.717, 1.165) is 0 Å². The Kier molecular flexibility index (Phi) is 6.81. The van der Waals surface area contributed by atoms with Gasteiger partial charge >= 0.3 is 17.9 Å². The van der Waals surface area contributed by atoms with Gasteiger partial charge in [-0.2, -0.15) is 0 Å². The lowest BCUT2D eigenvalue weighted by molar-refractivity contribution is 0.0518. The van der Waals surface area contributed by atoms with E-state index in [1.165, 1.54) is 13.3 Å². The summed E-state index contributed by atoms with van der Waals surface area (Å²) in [6, 6.07) is 11.5. The van der Waals surface area contributed by atoms with Crippen LogP contribution >= 0.6 is 0 Å². The number of hydrogen-bond donors (Lipinski definition) is 1. The SMILES string of the molecule is CCOC(=O)c1ccc2ncc(C(=O)OCC)c(Nc3ccc(C(=O)OC)cc3)c2c1. The number of rotatable bonds is 7. The van der Waals surface area contributed by atoms with Crippen LogP contribution in [0.1, 0.15) is 44.9 Å². The number of esters is 3. The third kappa shape index (κ3) is 4.80. The largest absolute Gasteiger partial charge is 0.465 e. The topological polar surface area (TPSA) is 104 Å². The average Bonchev–Trinajstić information content (AvgIpc) is 2.79. The van der Waals surface area contributed by atoms with Gasteiger partial charge in [-0.05, 0) is 56.3 Å². The highest BCUT2D eigenvalue weighted by Gasteiger charge is 2.19. The van der Waals surface area contributed by atoms with Crippen molar-refractivity contribution in [3.8, 4) is 0 Å². The molecule has 0 saturated heterocycles. The van der Waals surface area contributed by atoms with Crippen molar-refractivity contribution in [2.45, 2.75) is 13.8 Å². The summed E-state index contributed by atoms with van der Waals surface area (Å²) in [6.45, 7) is 3.89. The molecule has 0 bridgehead atoms. The van der Waals surface area contributed by atoms with Crippen LogP contribution in [0.15, 0.2) is 48.7 Å². The van der Waals surface area contributed by atoms with Crippen molar-refractivity contribution in [1.82, 2.24) is 4.98 Å². The van der Waals surface area contributed by atoms with Crippen LogP contribution in [0.3, 0.4) is 0 Å². The number of nitrogens with one attached hydrogen (secondary N) is 1. The zero-order valence-electron chi connectivity index (χ0n) is 17.4. The monoisotopic (exact) mass is 422 g/mol. The zero-order valence-corrected chi connectivity index (χ0v) is 17.4. The van der Waals surface area contributed by atoms with Crippen LogP contribution < -0.4 is 5.32 Å². The summed E-state index contributed by atoms with van der Waals surface area (Å²) < 4.78 is 15.0. The van der Waals surface area contributed by atoms with Crippen molar-refractivity contribution in [1.29, 1.82) is 0 Å². The molecule has 0 unspecified atom stereocenters. The van der Waals surface area contributed by atoms with Gasteiger partial charge in [0.15, 0.2) is 0 Å². The summed E-state index contributed by atoms with van der Waals surface area (Å²) in [5, 5.41) is 3.74. The van der Waals surface area contributed by atoms with Crippen molar-refractivity contribution in [2.24, 2.45) is 0 Å². The van der Waals surface area contributed by atoms with Gasteiger partial charge < -0.3 is 19.5 Å². The molecular formula is C23H22N2O6. The molecule has 1 aromatic heterocycles. The molecule has 0 radical (unpaired) electrons. The fraction of sp³-hybridized carbons (Fsp3) is 0.217. The van der Waals surface area contributed by atoms with Crippen molar-refractivity contribution in [3.05, 3.63) is 65.4 Å². The zero-order chi connectivity index (χ0) is 22.4. The summed E-state index contributed by atoms with van der Waals surface area (Å²) in [4.78, 5) is 40.8. The number of hydrogen-bond acceptors (Lipinski definition) is 8. The molecule has 3 aromatic rings. The second kappa shape index (κ2) is 9.71. The number of carbonyl (C=O) groups excluding carboxylic acids is 3.